The van der Waals surface area contributed by atoms with E-state index in [2.05, 4.69) is 0 Å². The van der Waals surface area contributed by atoms with E-state index in [1.807, 2.05) is 6.92 Å². The van der Waals surface area contributed by atoms with Crippen molar-refractivity contribution < 1.29 is 15.1 Å². The van der Waals surface area contributed by atoms with Gasteiger partial charge in [-0.3, -0.25) is 10.1 Å². The average molecular weight is 211 g/mol. The fraction of sp³-hybridized carbons (Fsp3) is 0.400. The zero-order valence-electron chi connectivity index (χ0n) is 8.38. The first-order chi connectivity index (χ1) is 7.06. The Balaban J connectivity index is 3.02. The summed E-state index contributed by atoms with van der Waals surface area (Å²) in [5.41, 5.74) is 0.0870. The summed E-state index contributed by atoms with van der Waals surface area (Å²) in [4.78, 5) is 9.85. The number of phenolic OH excluding ortho intramolecular Hbond substituents is 1. The molecule has 0 fully saturated rings. The third kappa shape index (κ3) is 2.66. The van der Waals surface area contributed by atoms with Crippen LogP contribution in [0, 0.1) is 10.1 Å². The molecular weight excluding hydrogens is 198 g/mol. The van der Waals surface area contributed by atoms with Gasteiger partial charge in [-0.1, -0.05) is 19.4 Å². The van der Waals surface area contributed by atoms with E-state index in [9.17, 15) is 20.3 Å². The minimum Gasteiger partial charge on any atom is -0.502 e. The van der Waals surface area contributed by atoms with E-state index in [-0.39, 0.29) is 11.4 Å². The van der Waals surface area contributed by atoms with Gasteiger partial charge >= 0.3 is 5.69 Å². The maximum Gasteiger partial charge on any atom is 0.311 e. The number of nitro benzene ring substituents is 1. The van der Waals surface area contributed by atoms with Gasteiger partial charge in [-0.2, -0.15) is 0 Å². The van der Waals surface area contributed by atoms with Gasteiger partial charge in [0.25, 0.3) is 0 Å². The van der Waals surface area contributed by atoms with Gasteiger partial charge in [-0.15, -0.1) is 0 Å². The summed E-state index contributed by atoms with van der Waals surface area (Å²) < 4.78 is 0. The number of aromatic hydroxyl groups is 1. The topological polar surface area (TPSA) is 83.6 Å². The highest BCUT2D eigenvalue weighted by Crippen LogP contribution is 2.29. The molecule has 1 rings (SSSR count). The number of aliphatic hydroxyl groups excluding tert-OH is 1. The van der Waals surface area contributed by atoms with Crippen LogP contribution in [0.5, 0.6) is 5.75 Å². The highest BCUT2D eigenvalue weighted by atomic mass is 16.6. The first-order valence-corrected chi connectivity index (χ1v) is 4.71. The summed E-state index contributed by atoms with van der Waals surface area (Å²) in [6.07, 6.45) is 0.618. The molecule has 82 valence electrons. The SMILES string of the molecule is CCCC(O)c1ccc(O)c([N+](=O)[O-])c1. The second-order valence-corrected chi connectivity index (χ2v) is 3.31. The minimum atomic E-state index is -0.714. The number of hydrogen-bond acceptors (Lipinski definition) is 4. The second kappa shape index (κ2) is 4.75. The van der Waals surface area contributed by atoms with E-state index in [4.69, 9.17) is 0 Å². The summed E-state index contributed by atoms with van der Waals surface area (Å²) in [5.74, 6) is -0.382. The Morgan fingerprint density at radius 3 is 2.73 bits per heavy atom. The van der Waals surface area contributed by atoms with Gasteiger partial charge in [0.1, 0.15) is 0 Å². The maximum atomic E-state index is 10.5. The number of rotatable bonds is 4. The van der Waals surface area contributed by atoms with Gasteiger partial charge in [0.15, 0.2) is 5.75 Å². The largest absolute Gasteiger partial charge is 0.502 e. The zero-order valence-corrected chi connectivity index (χ0v) is 8.38. The van der Waals surface area contributed by atoms with E-state index >= 15 is 0 Å². The predicted molar refractivity (Wildman–Crippen MR) is 54.6 cm³/mol. The molecule has 0 saturated carbocycles. The quantitative estimate of drug-likeness (QED) is 0.590. The predicted octanol–water partition coefficient (Wildman–Crippen LogP) is 2.13. The Hall–Kier alpha value is -1.62. The van der Waals surface area contributed by atoms with Gasteiger partial charge in [0, 0.05) is 6.07 Å². The Morgan fingerprint density at radius 2 is 2.20 bits per heavy atom. The molecule has 0 aliphatic carbocycles. The third-order valence-electron chi connectivity index (χ3n) is 2.14. The molecule has 0 saturated heterocycles. The number of nitrogens with zero attached hydrogens (tertiary/aromatic N) is 1. The summed E-state index contributed by atoms with van der Waals surface area (Å²) in [6, 6.07) is 3.92. The summed E-state index contributed by atoms with van der Waals surface area (Å²) in [7, 11) is 0. The molecule has 0 bridgehead atoms. The molecule has 1 aromatic rings. The molecule has 0 radical (unpaired) electrons. The monoisotopic (exact) mass is 211 g/mol. The second-order valence-electron chi connectivity index (χ2n) is 3.31. The fourth-order valence-electron chi connectivity index (χ4n) is 1.33. The number of aliphatic hydroxyl groups is 1. The van der Waals surface area contributed by atoms with Crippen LogP contribution in [0.3, 0.4) is 0 Å². The summed E-state index contributed by atoms with van der Waals surface area (Å²) in [6.45, 7) is 1.91. The van der Waals surface area contributed by atoms with Gasteiger partial charge in [-0.05, 0) is 18.1 Å². The van der Waals surface area contributed by atoms with Gasteiger partial charge < -0.3 is 10.2 Å². The number of phenols is 1. The molecule has 15 heavy (non-hydrogen) atoms. The lowest BCUT2D eigenvalue weighted by molar-refractivity contribution is -0.386. The van der Waals surface area contributed by atoms with Crippen molar-refractivity contribution in [2.45, 2.75) is 25.9 Å². The summed E-state index contributed by atoms with van der Waals surface area (Å²) >= 11 is 0. The van der Waals surface area contributed by atoms with E-state index in [0.717, 1.165) is 6.42 Å². The molecular formula is C10H13NO4. The molecule has 0 spiro atoms. The van der Waals surface area contributed by atoms with Crippen LogP contribution in [-0.4, -0.2) is 15.1 Å². The van der Waals surface area contributed by atoms with Crippen molar-refractivity contribution in [2.75, 3.05) is 0 Å². The first-order valence-electron chi connectivity index (χ1n) is 4.71. The van der Waals surface area contributed by atoms with Gasteiger partial charge in [0.2, 0.25) is 0 Å². The molecule has 1 aromatic carbocycles. The minimum absolute atomic E-state index is 0.373. The molecule has 1 unspecified atom stereocenters. The molecule has 0 aliphatic heterocycles. The maximum absolute atomic E-state index is 10.5. The fourth-order valence-corrected chi connectivity index (χ4v) is 1.33. The van der Waals surface area contributed by atoms with Crippen LogP contribution >= 0.6 is 0 Å². The highest BCUT2D eigenvalue weighted by molar-refractivity contribution is 5.48. The molecule has 0 amide bonds. The number of benzene rings is 1. The Morgan fingerprint density at radius 1 is 1.53 bits per heavy atom. The number of nitro groups is 1. The molecule has 0 aromatic heterocycles. The van der Waals surface area contributed by atoms with Crippen molar-refractivity contribution in [3.8, 4) is 5.75 Å². The molecule has 5 nitrogen and oxygen atoms in total. The number of hydrogen-bond donors (Lipinski definition) is 2. The van der Waals surface area contributed by atoms with Crippen LogP contribution in [0.4, 0.5) is 5.69 Å². The van der Waals surface area contributed by atoms with E-state index in [1.165, 1.54) is 18.2 Å². The van der Waals surface area contributed by atoms with Crippen molar-refractivity contribution in [1.29, 1.82) is 0 Å². The smallest absolute Gasteiger partial charge is 0.311 e. The molecule has 0 heterocycles. The Bertz CT molecular complexity index is 364. The Labute approximate surface area is 87.1 Å². The van der Waals surface area contributed by atoms with Crippen molar-refractivity contribution in [3.63, 3.8) is 0 Å². The lowest BCUT2D eigenvalue weighted by atomic mass is 10.0. The lowest BCUT2D eigenvalue weighted by Crippen LogP contribution is -1.98. The molecule has 5 heteroatoms. The van der Waals surface area contributed by atoms with Crippen LogP contribution in [0.25, 0.3) is 0 Å². The van der Waals surface area contributed by atoms with Crippen molar-refractivity contribution in [2.24, 2.45) is 0 Å². The van der Waals surface area contributed by atoms with E-state index in [1.54, 1.807) is 0 Å². The normalized spacial score (nSPS) is 12.4. The Kier molecular flexibility index (Phi) is 3.62. The molecule has 1 atom stereocenters. The van der Waals surface area contributed by atoms with Crippen molar-refractivity contribution in [1.82, 2.24) is 0 Å². The van der Waals surface area contributed by atoms with Crippen LogP contribution in [0.2, 0.25) is 0 Å². The van der Waals surface area contributed by atoms with Gasteiger partial charge in [0.05, 0.1) is 11.0 Å². The lowest BCUT2D eigenvalue weighted by Gasteiger charge is -2.09. The van der Waals surface area contributed by atoms with Gasteiger partial charge in [-0.25, -0.2) is 0 Å². The zero-order chi connectivity index (χ0) is 11.4. The standard InChI is InChI=1S/C10H13NO4/c1-2-3-9(12)7-4-5-10(13)8(6-7)11(14)15/h4-6,9,12-13H,2-3H2,1H3. The van der Waals surface area contributed by atoms with Crippen LogP contribution in [-0.2, 0) is 0 Å². The van der Waals surface area contributed by atoms with Crippen LogP contribution in [0.1, 0.15) is 31.4 Å². The van der Waals surface area contributed by atoms with E-state index in [0.29, 0.717) is 12.0 Å². The van der Waals surface area contributed by atoms with Crippen LogP contribution in [0.15, 0.2) is 18.2 Å². The first kappa shape index (κ1) is 11.5. The highest BCUT2D eigenvalue weighted by Gasteiger charge is 2.16. The van der Waals surface area contributed by atoms with Crippen LogP contribution < -0.4 is 0 Å². The van der Waals surface area contributed by atoms with E-state index < -0.39 is 11.0 Å². The summed E-state index contributed by atoms with van der Waals surface area (Å²) in [5, 5.41) is 29.3. The van der Waals surface area contributed by atoms with Crippen molar-refractivity contribution >= 4 is 5.69 Å². The van der Waals surface area contributed by atoms with Crippen molar-refractivity contribution in [3.05, 3.63) is 33.9 Å². The third-order valence-corrected chi connectivity index (χ3v) is 2.14. The molecule has 2 N–H and O–H groups in total. The average Bonchev–Trinajstić information content (AvgIpc) is 2.18. The molecule has 0 aliphatic rings.